The number of rotatable bonds is 9. The number of nitrogens with one attached hydrogen (secondary N) is 1. The molecular formula is C15H22FNO3. The molecule has 1 unspecified atom stereocenters. The van der Waals surface area contributed by atoms with Crippen molar-refractivity contribution in [1.29, 1.82) is 0 Å². The molecule has 0 bridgehead atoms. The fourth-order valence-electron chi connectivity index (χ4n) is 1.82. The van der Waals surface area contributed by atoms with E-state index in [0.717, 1.165) is 6.42 Å². The molecular weight excluding hydrogens is 261 g/mol. The molecule has 0 spiro atoms. The van der Waals surface area contributed by atoms with Crippen LogP contribution in [0.15, 0.2) is 24.3 Å². The molecule has 0 aliphatic rings. The maximum Gasteiger partial charge on any atom is 0.323 e. The summed E-state index contributed by atoms with van der Waals surface area (Å²) in [6, 6.07) is 5.78. The summed E-state index contributed by atoms with van der Waals surface area (Å²) in [6.45, 7) is 4.75. The summed E-state index contributed by atoms with van der Waals surface area (Å²) in [5.41, 5.74) is -0.928. The molecule has 0 aromatic heterocycles. The predicted molar refractivity (Wildman–Crippen MR) is 75.5 cm³/mol. The third kappa shape index (κ3) is 5.17. The maximum atomic E-state index is 12.7. The number of ether oxygens (including phenoxy) is 1. The first-order valence-corrected chi connectivity index (χ1v) is 6.85. The lowest BCUT2D eigenvalue weighted by atomic mass is 9.96. The lowest BCUT2D eigenvalue weighted by Crippen LogP contribution is -2.49. The SMILES string of the molecule is CCCNC(C)(CCCOc1ccc(F)cc1)C(=O)O. The highest BCUT2D eigenvalue weighted by Crippen LogP contribution is 2.15. The van der Waals surface area contributed by atoms with E-state index in [1.165, 1.54) is 12.1 Å². The summed E-state index contributed by atoms with van der Waals surface area (Å²) in [5, 5.41) is 12.3. The lowest BCUT2D eigenvalue weighted by Gasteiger charge is -2.26. The van der Waals surface area contributed by atoms with Crippen molar-refractivity contribution in [3.63, 3.8) is 0 Å². The number of carbonyl (C=O) groups is 1. The largest absolute Gasteiger partial charge is 0.494 e. The molecule has 1 aromatic rings. The highest BCUT2D eigenvalue weighted by molar-refractivity contribution is 5.78. The average molecular weight is 283 g/mol. The Morgan fingerprint density at radius 2 is 2.05 bits per heavy atom. The van der Waals surface area contributed by atoms with E-state index in [2.05, 4.69) is 5.32 Å². The van der Waals surface area contributed by atoms with Crippen molar-refractivity contribution in [2.45, 2.75) is 38.6 Å². The molecule has 4 nitrogen and oxygen atoms in total. The van der Waals surface area contributed by atoms with E-state index in [0.29, 0.717) is 31.7 Å². The van der Waals surface area contributed by atoms with Gasteiger partial charge in [-0.2, -0.15) is 0 Å². The van der Waals surface area contributed by atoms with Gasteiger partial charge < -0.3 is 15.2 Å². The van der Waals surface area contributed by atoms with Crippen LogP contribution < -0.4 is 10.1 Å². The quantitative estimate of drug-likeness (QED) is 0.684. The molecule has 0 aliphatic heterocycles. The molecule has 0 saturated heterocycles. The Morgan fingerprint density at radius 1 is 1.40 bits per heavy atom. The standard InChI is InChI=1S/C15H22FNO3/c1-3-10-17-15(2,14(18)19)9-4-11-20-13-7-5-12(16)6-8-13/h5-8,17H,3-4,9-11H2,1-2H3,(H,18,19). The van der Waals surface area contributed by atoms with Gasteiger partial charge in [0.1, 0.15) is 17.1 Å². The van der Waals surface area contributed by atoms with E-state index in [1.54, 1.807) is 19.1 Å². The summed E-state index contributed by atoms with van der Waals surface area (Å²) >= 11 is 0. The van der Waals surface area contributed by atoms with Gasteiger partial charge in [0.15, 0.2) is 0 Å². The molecule has 2 N–H and O–H groups in total. The van der Waals surface area contributed by atoms with E-state index in [9.17, 15) is 14.3 Å². The molecule has 0 heterocycles. The van der Waals surface area contributed by atoms with Crippen molar-refractivity contribution in [1.82, 2.24) is 5.32 Å². The van der Waals surface area contributed by atoms with E-state index >= 15 is 0 Å². The normalized spacial score (nSPS) is 13.8. The molecule has 20 heavy (non-hydrogen) atoms. The molecule has 1 rings (SSSR count). The van der Waals surface area contributed by atoms with Crippen LogP contribution in [0.4, 0.5) is 4.39 Å². The van der Waals surface area contributed by atoms with Crippen molar-refractivity contribution in [2.75, 3.05) is 13.2 Å². The van der Waals surface area contributed by atoms with Crippen LogP contribution in [-0.4, -0.2) is 29.8 Å². The van der Waals surface area contributed by atoms with Crippen molar-refractivity contribution >= 4 is 5.97 Å². The second kappa shape index (κ2) is 7.85. The van der Waals surface area contributed by atoms with Crippen LogP contribution in [0.3, 0.4) is 0 Å². The maximum absolute atomic E-state index is 12.7. The molecule has 0 amide bonds. The smallest absolute Gasteiger partial charge is 0.323 e. The van der Waals surface area contributed by atoms with E-state index in [4.69, 9.17) is 4.74 Å². The number of hydrogen-bond donors (Lipinski definition) is 2. The fraction of sp³-hybridized carbons (Fsp3) is 0.533. The first-order valence-electron chi connectivity index (χ1n) is 6.85. The van der Waals surface area contributed by atoms with Crippen LogP contribution in [0.1, 0.15) is 33.1 Å². The Kier molecular flexibility index (Phi) is 6.45. The van der Waals surface area contributed by atoms with Gasteiger partial charge in [0.2, 0.25) is 0 Å². The Hall–Kier alpha value is -1.62. The Balaban J connectivity index is 2.37. The van der Waals surface area contributed by atoms with Gasteiger partial charge in [-0.05, 0) is 57.0 Å². The first kappa shape index (κ1) is 16.4. The molecule has 1 aromatic carbocycles. The first-order chi connectivity index (χ1) is 9.48. The number of aliphatic carboxylic acids is 1. The van der Waals surface area contributed by atoms with Crippen LogP contribution >= 0.6 is 0 Å². The minimum absolute atomic E-state index is 0.306. The van der Waals surface area contributed by atoms with Crippen molar-refractivity contribution in [3.8, 4) is 5.75 Å². The molecule has 112 valence electrons. The highest BCUT2D eigenvalue weighted by Gasteiger charge is 2.31. The second-order valence-corrected chi connectivity index (χ2v) is 4.97. The summed E-state index contributed by atoms with van der Waals surface area (Å²) < 4.78 is 18.2. The Morgan fingerprint density at radius 3 is 2.60 bits per heavy atom. The molecule has 0 fully saturated rings. The van der Waals surface area contributed by atoms with Gasteiger partial charge in [-0.3, -0.25) is 4.79 Å². The van der Waals surface area contributed by atoms with E-state index < -0.39 is 11.5 Å². The summed E-state index contributed by atoms with van der Waals surface area (Å²) in [6.07, 6.45) is 1.97. The zero-order valence-electron chi connectivity index (χ0n) is 12.0. The fourth-order valence-corrected chi connectivity index (χ4v) is 1.82. The molecule has 0 radical (unpaired) electrons. The highest BCUT2D eigenvalue weighted by atomic mass is 19.1. The lowest BCUT2D eigenvalue weighted by molar-refractivity contribution is -0.144. The topological polar surface area (TPSA) is 58.6 Å². The minimum Gasteiger partial charge on any atom is -0.494 e. The van der Waals surface area contributed by atoms with Crippen LogP contribution in [0.2, 0.25) is 0 Å². The van der Waals surface area contributed by atoms with Gasteiger partial charge in [-0.1, -0.05) is 6.92 Å². The number of benzene rings is 1. The van der Waals surface area contributed by atoms with Gasteiger partial charge >= 0.3 is 5.97 Å². The molecule has 1 atom stereocenters. The van der Waals surface area contributed by atoms with Crippen molar-refractivity contribution in [2.24, 2.45) is 0 Å². The average Bonchev–Trinajstić information content (AvgIpc) is 2.43. The van der Waals surface area contributed by atoms with Gasteiger partial charge in [0.25, 0.3) is 0 Å². The number of carboxylic acids is 1. The Labute approximate surface area is 119 Å². The van der Waals surface area contributed by atoms with Crippen molar-refractivity contribution < 1.29 is 19.0 Å². The van der Waals surface area contributed by atoms with Gasteiger partial charge in [-0.25, -0.2) is 4.39 Å². The van der Waals surface area contributed by atoms with E-state index in [1.807, 2.05) is 6.92 Å². The zero-order valence-corrected chi connectivity index (χ0v) is 12.0. The zero-order chi connectivity index (χ0) is 15.0. The molecule has 0 aliphatic carbocycles. The minimum atomic E-state index is -0.928. The molecule has 5 heteroatoms. The number of carboxylic acid groups (broad SMARTS) is 1. The van der Waals surface area contributed by atoms with Gasteiger partial charge in [-0.15, -0.1) is 0 Å². The van der Waals surface area contributed by atoms with Crippen LogP contribution in [0, 0.1) is 5.82 Å². The van der Waals surface area contributed by atoms with Crippen LogP contribution in [0.5, 0.6) is 5.75 Å². The molecule has 0 saturated carbocycles. The monoisotopic (exact) mass is 283 g/mol. The summed E-state index contributed by atoms with van der Waals surface area (Å²) in [4.78, 5) is 11.3. The van der Waals surface area contributed by atoms with Gasteiger partial charge in [0, 0.05) is 0 Å². The van der Waals surface area contributed by atoms with E-state index in [-0.39, 0.29) is 5.82 Å². The van der Waals surface area contributed by atoms with Crippen molar-refractivity contribution in [3.05, 3.63) is 30.1 Å². The Bertz CT molecular complexity index is 422. The van der Waals surface area contributed by atoms with Gasteiger partial charge in [0.05, 0.1) is 6.61 Å². The summed E-state index contributed by atoms with van der Waals surface area (Å²) in [5.74, 6) is -0.572. The van der Waals surface area contributed by atoms with Crippen LogP contribution in [0.25, 0.3) is 0 Å². The number of halogens is 1. The third-order valence-corrected chi connectivity index (χ3v) is 3.14. The number of hydrogen-bond acceptors (Lipinski definition) is 3. The van der Waals surface area contributed by atoms with Crippen LogP contribution in [-0.2, 0) is 4.79 Å². The second-order valence-electron chi connectivity index (χ2n) is 4.97. The third-order valence-electron chi connectivity index (χ3n) is 3.14. The summed E-state index contributed by atoms with van der Waals surface area (Å²) in [7, 11) is 0. The predicted octanol–water partition coefficient (Wildman–Crippen LogP) is 2.83.